The lowest BCUT2D eigenvalue weighted by molar-refractivity contribution is -0.118. The lowest BCUT2D eigenvalue weighted by atomic mass is 10.1. The Bertz CT molecular complexity index is 943. The molecule has 0 atom stereocenters. The molecule has 8 heteroatoms. The Morgan fingerprint density at radius 1 is 1.19 bits per heavy atom. The average Bonchev–Trinajstić information content (AvgIpc) is 3.29. The fourth-order valence-electron chi connectivity index (χ4n) is 2.35. The van der Waals surface area contributed by atoms with Gasteiger partial charge < -0.3 is 14.2 Å². The molecule has 26 heavy (non-hydrogen) atoms. The second-order valence-electron chi connectivity index (χ2n) is 5.40. The number of hydrogen-bond donors (Lipinski definition) is 1. The lowest BCUT2D eigenvalue weighted by Crippen LogP contribution is -2.20. The first kappa shape index (κ1) is 16.7. The lowest BCUT2D eigenvalue weighted by Gasteiger charge is -2.05. The van der Waals surface area contributed by atoms with Crippen molar-refractivity contribution in [2.45, 2.75) is 0 Å². The van der Waals surface area contributed by atoms with E-state index in [0.717, 1.165) is 17.0 Å². The van der Waals surface area contributed by atoms with Gasteiger partial charge in [-0.25, -0.2) is 4.98 Å². The van der Waals surface area contributed by atoms with E-state index < -0.39 is 0 Å². The molecular weight excluding hydrogens is 376 g/mol. The van der Waals surface area contributed by atoms with Gasteiger partial charge in [0.1, 0.15) is 5.75 Å². The van der Waals surface area contributed by atoms with Gasteiger partial charge in [-0.2, -0.15) is 0 Å². The Morgan fingerprint density at radius 2 is 2.00 bits per heavy atom. The molecule has 0 fully saturated rings. The maximum absolute atomic E-state index is 12.0. The Morgan fingerprint density at radius 3 is 2.85 bits per heavy atom. The highest BCUT2D eigenvalue weighted by Gasteiger charge is 2.15. The first-order valence-corrected chi connectivity index (χ1v) is 8.97. The van der Waals surface area contributed by atoms with Gasteiger partial charge in [-0.05, 0) is 42.5 Å². The molecule has 0 saturated carbocycles. The molecule has 1 aliphatic rings. The number of benzene rings is 2. The third-order valence-electron chi connectivity index (χ3n) is 3.60. The standard InChI is InChI=1S/C18H13ClN2O4S/c19-12-2-4-13(5-3-12)23-8-17(22)21-18-20-14(9-26-18)11-1-6-15-16(7-11)25-10-24-15/h1-7,9H,8,10H2,(H,20,21,22). The van der Waals surface area contributed by atoms with Crippen molar-refractivity contribution < 1.29 is 19.0 Å². The number of ether oxygens (including phenoxy) is 3. The van der Waals surface area contributed by atoms with E-state index in [1.165, 1.54) is 11.3 Å². The molecule has 2 heterocycles. The van der Waals surface area contributed by atoms with Crippen LogP contribution >= 0.6 is 22.9 Å². The second-order valence-corrected chi connectivity index (χ2v) is 6.69. The van der Waals surface area contributed by atoms with Crippen molar-refractivity contribution in [3.8, 4) is 28.5 Å². The number of nitrogens with zero attached hydrogens (tertiary/aromatic N) is 1. The van der Waals surface area contributed by atoms with Gasteiger partial charge in [0.25, 0.3) is 5.91 Å². The molecule has 0 spiro atoms. The number of aromatic nitrogens is 1. The van der Waals surface area contributed by atoms with E-state index in [1.807, 2.05) is 23.6 Å². The minimum absolute atomic E-state index is 0.111. The number of carbonyl (C=O) groups excluding carboxylic acids is 1. The molecule has 0 saturated heterocycles. The van der Waals surface area contributed by atoms with Crippen LogP contribution in [0.2, 0.25) is 5.02 Å². The second kappa shape index (κ2) is 7.23. The van der Waals surface area contributed by atoms with Crippen molar-refractivity contribution in [1.82, 2.24) is 4.98 Å². The minimum atomic E-state index is -0.286. The molecule has 1 N–H and O–H groups in total. The first-order valence-electron chi connectivity index (χ1n) is 7.71. The third kappa shape index (κ3) is 3.74. The molecule has 1 amide bonds. The number of nitrogens with one attached hydrogen (secondary N) is 1. The Kier molecular flexibility index (Phi) is 4.64. The number of halogens is 1. The number of rotatable bonds is 5. The van der Waals surface area contributed by atoms with Crippen molar-refractivity contribution in [3.63, 3.8) is 0 Å². The SMILES string of the molecule is O=C(COc1ccc(Cl)cc1)Nc1nc(-c2ccc3c(c2)OCO3)cs1. The van der Waals surface area contributed by atoms with Crippen LogP contribution in [0.1, 0.15) is 0 Å². The van der Waals surface area contributed by atoms with E-state index in [4.69, 9.17) is 25.8 Å². The van der Waals surface area contributed by atoms with Crippen LogP contribution in [0.3, 0.4) is 0 Å². The summed E-state index contributed by atoms with van der Waals surface area (Å²) in [5.41, 5.74) is 1.64. The van der Waals surface area contributed by atoms with E-state index in [-0.39, 0.29) is 19.3 Å². The van der Waals surface area contributed by atoms with Gasteiger partial charge in [0, 0.05) is 16.0 Å². The summed E-state index contributed by atoms with van der Waals surface area (Å²) in [5.74, 6) is 1.70. The zero-order valence-corrected chi connectivity index (χ0v) is 15.0. The van der Waals surface area contributed by atoms with Crippen LogP contribution in [0.5, 0.6) is 17.2 Å². The summed E-state index contributed by atoms with van der Waals surface area (Å²) in [5, 5.41) is 5.71. The zero-order chi connectivity index (χ0) is 17.9. The Balaban J connectivity index is 1.37. The van der Waals surface area contributed by atoms with Crippen LogP contribution in [0, 0.1) is 0 Å². The molecule has 0 bridgehead atoms. The number of thiazole rings is 1. The summed E-state index contributed by atoms with van der Waals surface area (Å²) in [6.45, 7) is 0.116. The number of anilines is 1. The first-order chi connectivity index (χ1) is 12.7. The van der Waals surface area contributed by atoms with Crippen molar-refractivity contribution in [3.05, 3.63) is 52.9 Å². The molecule has 2 aromatic carbocycles. The topological polar surface area (TPSA) is 69.7 Å². The van der Waals surface area contributed by atoms with E-state index in [9.17, 15) is 4.79 Å². The molecule has 1 aromatic heterocycles. The molecule has 6 nitrogen and oxygen atoms in total. The number of hydrogen-bond acceptors (Lipinski definition) is 6. The zero-order valence-electron chi connectivity index (χ0n) is 13.4. The molecule has 4 rings (SSSR count). The van der Waals surface area contributed by atoms with Gasteiger partial charge in [0.05, 0.1) is 5.69 Å². The van der Waals surface area contributed by atoms with E-state index >= 15 is 0 Å². The number of amides is 1. The summed E-state index contributed by atoms with van der Waals surface area (Å²) in [6.07, 6.45) is 0. The molecule has 0 radical (unpaired) electrons. The quantitative estimate of drug-likeness (QED) is 0.709. The third-order valence-corrected chi connectivity index (χ3v) is 4.61. The normalized spacial score (nSPS) is 12.0. The predicted octanol–water partition coefficient (Wildman–Crippen LogP) is 4.21. The molecule has 0 aliphatic carbocycles. The summed E-state index contributed by atoms with van der Waals surface area (Å²) >= 11 is 7.15. The highest BCUT2D eigenvalue weighted by Crippen LogP contribution is 2.36. The highest BCUT2D eigenvalue weighted by atomic mass is 35.5. The van der Waals surface area contributed by atoms with Crippen LogP contribution in [-0.4, -0.2) is 24.3 Å². The van der Waals surface area contributed by atoms with Gasteiger partial charge in [0.2, 0.25) is 6.79 Å². The Hall–Kier alpha value is -2.77. The fourth-order valence-corrected chi connectivity index (χ4v) is 3.22. The summed E-state index contributed by atoms with van der Waals surface area (Å²) in [7, 11) is 0. The molecule has 132 valence electrons. The highest BCUT2D eigenvalue weighted by molar-refractivity contribution is 7.14. The molecule has 3 aromatic rings. The minimum Gasteiger partial charge on any atom is -0.484 e. The molecular formula is C18H13ClN2O4S. The van der Waals surface area contributed by atoms with E-state index in [2.05, 4.69) is 10.3 Å². The predicted molar refractivity (Wildman–Crippen MR) is 99.2 cm³/mol. The van der Waals surface area contributed by atoms with Gasteiger partial charge in [0.15, 0.2) is 23.2 Å². The van der Waals surface area contributed by atoms with Crippen molar-refractivity contribution >= 4 is 34.0 Å². The summed E-state index contributed by atoms with van der Waals surface area (Å²) in [4.78, 5) is 16.4. The smallest absolute Gasteiger partial charge is 0.264 e. The number of carbonyl (C=O) groups is 1. The van der Waals surface area contributed by atoms with Crippen molar-refractivity contribution in [2.24, 2.45) is 0 Å². The van der Waals surface area contributed by atoms with Gasteiger partial charge in [-0.3, -0.25) is 10.1 Å². The maximum Gasteiger partial charge on any atom is 0.264 e. The van der Waals surface area contributed by atoms with E-state index in [0.29, 0.717) is 21.7 Å². The van der Waals surface area contributed by atoms with Gasteiger partial charge in [-0.15, -0.1) is 11.3 Å². The van der Waals surface area contributed by atoms with Crippen LogP contribution in [-0.2, 0) is 4.79 Å². The molecule has 1 aliphatic heterocycles. The van der Waals surface area contributed by atoms with Crippen LogP contribution in [0.4, 0.5) is 5.13 Å². The number of fused-ring (bicyclic) bond motifs is 1. The Labute approximate surface area is 158 Å². The van der Waals surface area contributed by atoms with Crippen molar-refractivity contribution in [1.29, 1.82) is 0 Å². The largest absolute Gasteiger partial charge is 0.484 e. The van der Waals surface area contributed by atoms with Gasteiger partial charge in [-0.1, -0.05) is 11.6 Å². The fraction of sp³-hybridized carbons (Fsp3) is 0.111. The van der Waals surface area contributed by atoms with Crippen LogP contribution in [0.15, 0.2) is 47.8 Å². The monoisotopic (exact) mass is 388 g/mol. The average molecular weight is 389 g/mol. The van der Waals surface area contributed by atoms with E-state index in [1.54, 1.807) is 24.3 Å². The van der Waals surface area contributed by atoms with Crippen LogP contribution in [0.25, 0.3) is 11.3 Å². The van der Waals surface area contributed by atoms with Gasteiger partial charge >= 0.3 is 0 Å². The van der Waals surface area contributed by atoms with Crippen molar-refractivity contribution in [2.75, 3.05) is 18.7 Å². The maximum atomic E-state index is 12.0. The summed E-state index contributed by atoms with van der Waals surface area (Å²) < 4.78 is 16.1. The molecule has 0 unspecified atom stereocenters. The van der Waals surface area contributed by atoms with Crippen LogP contribution < -0.4 is 19.5 Å². The summed E-state index contributed by atoms with van der Waals surface area (Å²) in [6, 6.07) is 12.4.